The predicted octanol–water partition coefficient (Wildman–Crippen LogP) is 2.59. The van der Waals surface area contributed by atoms with Crippen molar-refractivity contribution in [3.63, 3.8) is 0 Å². The predicted molar refractivity (Wildman–Crippen MR) is 96.5 cm³/mol. The maximum absolute atomic E-state index is 12.2. The standard InChI is InChI=1S/C18H19N3O5/c1-11-5-4-6-12(2)17(11)20-16(22)10-19-18(23)13-7-8-15(26-3)14(9-13)21(24)25/h4-9H,10H2,1-3H3,(H,19,23)(H,20,22). The van der Waals surface area contributed by atoms with Crippen molar-refractivity contribution in [1.82, 2.24) is 5.32 Å². The fourth-order valence-corrected chi connectivity index (χ4v) is 2.43. The fourth-order valence-electron chi connectivity index (χ4n) is 2.43. The van der Waals surface area contributed by atoms with Crippen LogP contribution in [0, 0.1) is 24.0 Å². The van der Waals surface area contributed by atoms with Crippen LogP contribution in [0.3, 0.4) is 0 Å². The molecular formula is C18H19N3O5. The van der Waals surface area contributed by atoms with E-state index in [4.69, 9.17) is 4.74 Å². The topological polar surface area (TPSA) is 111 Å². The molecule has 0 saturated carbocycles. The van der Waals surface area contributed by atoms with Gasteiger partial charge in [-0.2, -0.15) is 0 Å². The van der Waals surface area contributed by atoms with Gasteiger partial charge in [0.05, 0.1) is 18.6 Å². The quantitative estimate of drug-likeness (QED) is 0.610. The number of amides is 2. The van der Waals surface area contributed by atoms with E-state index in [2.05, 4.69) is 10.6 Å². The number of nitro benzene ring substituents is 1. The lowest BCUT2D eigenvalue weighted by atomic mass is 10.1. The molecule has 0 aliphatic rings. The molecule has 0 radical (unpaired) electrons. The molecule has 0 aromatic heterocycles. The molecular weight excluding hydrogens is 338 g/mol. The number of nitrogens with zero attached hydrogens (tertiary/aromatic N) is 1. The lowest BCUT2D eigenvalue weighted by Gasteiger charge is -2.12. The summed E-state index contributed by atoms with van der Waals surface area (Å²) in [6.07, 6.45) is 0. The molecule has 26 heavy (non-hydrogen) atoms. The molecule has 2 aromatic rings. The maximum atomic E-state index is 12.2. The molecule has 0 spiro atoms. The number of anilines is 1. The Morgan fingerprint density at radius 2 is 1.81 bits per heavy atom. The molecule has 0 heterocycles. The van der Waals surface area contributed by atoms with Gasteiger partial charge in [-0.15, -0.1) is 0 Å². The number of aryl methyl sites for hydroxylation is 2. The summed E-state index contributed by atoms with van der Waals surface area (Å²) >= 11 is 0. The van der Waals surface area contributed by atoms with Crippen LogP contribution in [-0.2, 0) is 4.79 Å². The van der Waals surface area contributed by atoms with Crippen LogP contribution in [-0.4, -0.2) is 30.4 Å². The second-order valence-electron chi connectivity index (χ2n) is 5.64. The number of hydrogen-bond acceptors (Lipinski definition) is 5. The normalized spacial score (nSPS) is 10.1. The average Bonchev–Trinajstić information content (AvgIpc) is 2.62. The lowest BCUT2D eigenvalue weighted by Crippen LogP contribution is -2.33. The summed E-state index contributed by atoms with van der Waals surface area (Å²) in [4.78, 5) is 34.6. The van der Waals surface area contributed by atoms with Gasteiger partial charge in [0.25, 0.3) is 5.91 Å². The van der Waals surface area contributed by atoms with E-state index < -0.39 is 16.7 Å². The van der Waals surface area contributed by atoms with Gasteiger partial charge >= 0.3 is 5.69 Å². The van der Waals surface area contributed by atoms with Crippen LogP contribution in [0.5, 0.6) is 5.75 Å². The minimum Gasteiger partial charge on any atom is -0.490 e. The number of rotatable bonds is 6. The Bertz CT molecular complexity index is 844. The summed E-state index contributed by atoms with van der Waals surface area (Å²) in [7, 11) is 1.31. The van der Waals surface area contributed by atoms with Crippen LogP contribution < -0.4 is 15.4 Å². The summed E-state index contributed by atoms with van der Waals surface area (Å²) in [5.74, 6) is -0.925. The largest absolute Gasteiger partial charge is 0.490 e. The van der Waals surface area contributed by atoms with Crippen molar-refractivity contribution in [2.45, 2.75) is 13.8 Å². The van der Waals surface area contributed by atoms with Gasteiger partial charge in [0.1, 0.15) is 0 Å². The van der Waals surface area contributed by atoms with Crippen molar-refractivity contribution in [2.75, 3.05) is 19.0 Å². The molecule has 136 valence electrons. The van der Waals surface area contributed by atoms with E-state index in [0.29, 0.717) is 5.69 Å². The zero-order valence-corrected chi connectivity index (χ0v) is 14.7. The first-order valence-electron chi connectivity index (χ1n) is 7.80. The first-order chi connectivity index (χ1) is 12.3. The fraction of sp³-hybridized carbons (Fsp3) is 0.222. The minimum atomic E-state index is -0.636. The van der Waals surface area contributed by atoms with Gasteiger partial charge in [-0.25, -0.2) is 0 Å². The van der Waals surface area contributed by atoms with Crippen LogP contribution in [0.25, 0.3) is 0 Å². The number of hydrogen-bond donors (Lipinski definition) is 2. The van der Waals surface area contributed by atoms with Crippen molar-refractivity contribution in [3.8, 4) is 5.75 Å². The summed E-state index contributed by atoms with van der Waals surface area (Å²) in [5, 5.41) is 16.2. The molecule has 2 N–H and O–H groups in total. The smallest absolute Gasteiger partial charge is 0.311 e. The third kappa shape index (κ3) is 4.35. The second-order valence-corrected chi connectivity index (χ2v) is 5.64. The molecule has 8 heteroatoms. The van der Waals surface area contributed by atoms with Gasteiger partial charge < -0.3 is 15.4 Å². The highest BCUT2D eigenvalue weighted by Gasteiger charge is 2.18. The molecule has 0 aliphatic heterocycles. The van der Waals surface area contributed by atoms with Gasteiger partial charge in [-0.1, -0.05) is 18.2 Å². The lowest BCUT2D eigenvalue weighted by molar-refractivity contribution is -0.385. The SMILES string of the molecule is COc1ccc(C(=O)NCC(=O)Nc2c(C)cccc2C)cc1[N+](=O)[O-]. The van der Waals surface area contributed by atoms with E-state index in [0.717, 1.165) is 17.2 Å². The number of methoxy groups -OCH3 is 1. The Balaban J connectivity index is 2.03. The Hall–Kier alpha value is -3.42. The van der Waals surface area contributed by atoms with Gasteiger partial charge in [-0.3, -0.25) is 19.7 Å². The Morgan fingerprint density at radius 3 is 2.38 bits per heavy atom. The third-order valence-corrected chi connectivity index (χ3v) is 3.79. The highest BCUT2D eigenvalue weighted by Crippen LogP contribution is 2.27. The Morgan fingerprint density at radius 1 is 1.15 bits per heavy atom. The van der Waals surface area contributed by atoms with Crippen LogP contribution >= 0.6 is 0 Å². The highest BCUT2D eigenvalue weighted by molar-refractivity contribution is 6.00. The number of carbonyl (C=O) groups excluding carboxylic acids is 2. The van der Waals surface area contributed by atoms with Crippen molar-refractivity contribution in [2.24, 2.45) is 0 Å². The van der Waals surface area contributed by atoms with Gasteiger partial charge in [-0.05, 0) is 37.1 Å². The first kappa shape index (κ1) is 18.9. The number of ether oxygens (including phenoxy) is 1. The van der Waals surface area contributed by atoms with Crippen LogP contribution in [0.4, 0.5) is 11.4 Å². The van der Waals surface area contributed by atoms with Gasteiger partial charge in [0.15, 0.2) is 5.75 Å². The summed E-state index contributed by atoms with van der Waals surface area (Å²) < 4.78 is 4.89. The molecule has 2 amide bonds. The second kappa shape index (κ2) is 8.11. The van der Waals surface area contributed by atoms with Crippen molar-refractivity contribution in [1.29, 1.82) is 0 Å². The number of carbonyl (C=O) groups is 2. The first-order valence-corrected chi connectivity index (χ1v) is 7.80. The number of para-hydroxylation sites is 1. The minimum absolute atomic E-state index is 0.0549. The summed E-state index contributed by atoms with van der Waals surface area (Å²) in [6, 6.07) is 9.47. The zero-order valence-electron chi connectivity index (χ0n) is 14.7. The molecule has 2 aromatic carbocycles. The van der Waals surface area contributed by atoms with E-state index in [1.165, 1.54) is 19.2 Å². The average molecular weight is 357 g/mol. The molecule has 2 rings (SSSR count). The van der Waals surface area contributed by atoms with Crippen molar-refractivity contribution >= 4 is 23.2 Å². The third-order valence-electron chi connectivity index (χ3n) is 3.79. The molecule has 0 bridgehead atoms. The number of nitro groups is 1. The number of nitrogens with one attached hydrogen (secondary N) is 2. The van der Waals surface area contributed by atoms with E-state index in [9.17, 15) is 19.7 Å². The summed E-state index contributed by atoms with van der Waals surface area (Å²) in [6.45, 7) is 3.49. The Labute approximate surface area is 150 Å². The molecule has 0 fully saturated rings. The summed E-state index contributed by atoms with van der Waals surface area (Å²) in [5.41, 5.74) is 2.27. The van der Waals surface area contributed by atoms with Crippen LogP contribution in [0.2, 0.25) is 0 Å². The molecule has 0 saturated heterocycles. The molecule has 8 nitrogen and oxygen atoms in total. The molecule has 0 unspecified atom stereocenters. The zero-order chi connectivity index (χ0) is 19.3. The van der Waals surface area contributed by atoms with E-state index in [1.807, 2.05) is 32.0 Å². The van der Waals surface area contributed by atoms with Gasteiger partial charge in [0.2, 0.25) is 5.91 Å². The van der Waals surface area contributed by atoms with Crippen molar-refractivity contribution in [3.05, 3.63) is 63.2 Å². The maximum Gasteiger partial charge on any atom is 0.311 e. The molecule has 0 aliphatic carbocycles. The monoisotopic (exact) mass is 357 g/mol. The van der Waals surface area contributed by atoms with Crippen LogP contribution in [0.1, 0.15) is 21.5 Å². The highest BCUT2D eigenvalue weighted by atomic mass is 16.6. The van der Waals surface area contributed by atoms with Gasteiger partial charge in [0, 0.05) is 17.3 Å². The van der Waals surface area contributed by atoms with E-state index in [-0.39, 0.29) is 23.5 Å². The van der Waals surface area contributed by atoms with Crippen LogP contribution in [0.15, 0.2) is 36.4 Å². The van der Waals surface area contributed by atoms with E-state index >= 15 is 0 Å². The van der Waals surface area contributed by atoms with E-state index in [1.54, 1.807) is 0 Å². The molecule has 0 atom stereocenters. The number of benzene rings is 2. The Kier molecular flexibility index (Phi) is 5.90. The van der Waals surface area contributed by atoms with Crippen molar-refractivity contribution < 1.29 is 19.2 Å².